The van der Waals surface area contributed by atoms with Crippen molar-refractivity contribution in [2.24, 2.45) is 5.73 Å². The molecule has 0 saturated carbocycles. The zero-order valence-corrected chi connectivity index (χ0v) is 12.3. The first-order valence-corrected chi connectivity index (χ1v) is 6.76. The number of aromatic amines is 1. The lowest BCUT2D eigenvalue weighted by molar-refractivity contribution is 0.427. The molecule has 0 radical (unpaired) electrons. The molecule has 1 unspecified atom stereocenters. The van der Waals surface area contributed by atoms with Crippen LogP contribution in [0.3, 0.4) is 0 Å². The average Bonchev–Trinajstić information content (AvgIpc) is 2.79. The highest BCUT2D eigenvalue weighted by Crippen LogP contribution is 2.29. The molecule has 3 nitrogen and oxygen atoms in total. The number of aryl methyl sites for hydroxylation is 1. The van der Waals surface area contributed by atoms with Gasteiger partial charge in [0, 0.05) is 18.8 Å². The Morgan fingerprint density at radius 3 is 2.79 bits per heavy atom. The minimum atomic E-state index is 0. The molecule has 3 N–H and O–H groups in total. The number of rotatable bonds is 2. The van der Waals surface area contributed by atoms with Crippen LogP contribution in [0.2, 0.25) is 0 Å². The number of nitrogens with one attached hydrogen (secondary N) is 1. The maximum Gasteiger partial charge on any atom is 0.177 e. The molecule has 1 aromatic carbocycles. The van der Waals surface area contributed by atoms with Gasteiger partial charge in [0.2, 0.25) is 0 Å². The molecule has 0 spiro atoms. The summed E-state index contributed by atoms with van der Waals surface area (Å²) in [5.41, 5.74) is 9.80. The van der Waals surface area contributed by atoms with Crippen LogP contribution in [0.15, 0.2) is 30.5 Å². The third-order valence-corrected chi connectivity index (χ3v) is 4.10. The number of imidazole rings is 1. The number of fused-ring (bicyclic) bond motifs is 1. The van der Waals surface area contributed by atoms with Gasteiger partial charge in [-0.15, -0.1) is 12.4 Å². The fourth-order valence-corrected chi connectivity index (χ4v) is 3.20. The van der Waals surface area contributed by atoms with E-state index in [2.05, 4.69) is 33.8 Å². The van der Waals surface area contributed by atoms with E-state index in [4.69, 9.17) is 18.0 Å². The molecule has 3 rings (SSSR count). The molecule has 1 aromatic heterocycles. The van der Waals surface area contributed by atoms with Gasteiger partial charge >= 0.3 is 0 Å². The van der Waals surface area contributed by atoms with Crippen molar-refractivity contribution in [2.45, 2.75) is 31.8 Å². The van der Waals surface area contributed by atoms with Gasteiger partial charge in [0.05, 0.1) is 5.69 Å². The van der Waals surface area contributed by atoms with Gasteiger partial charge in [-0.05, 0) is 42.6 Å². The minimum absolute atomic E-state index is 0. The van der Waals surface area contributed by atoms with E-state index in [0.717, 1.165) is 29.7 Å². The number of hydrogen-bond donors (Lipinski definition) is 2. The minimum Gasteiger partial charge on any atom is -0.337 e. The molecule has 1 aliphatic rings. The van der Waals surface area contributed by atoms with Gasteiger partial charge < -0.3 is 15.3 Å². The van der Waals surface area contributed by atoms with Crippen LogP contribution >= 0.6 is 24.6 Å². The standard InChI is InChI=1S/C14H17N3S.ClH/c15-8-13-9-16-14(18)17(13)12-6-5-10-3-1-2-4-11(10)7-12;/h1-4,9,12H,5-8,15H2,(H,16,18);1H. The van der Waals surface area contributed by atoms with E-state index >= 15 is 0 Å². The lowest BCUT2D eigenvalue weighted by Gasteiger charge is -2.27. The van der Waals surface area contributed by atoms with E-state index in [1.807, 2.05) is 6.20 Å². The second kappa shape index (κ2) is 5.90. The lowest BCUT2D eigenvalue weighted by atomic mass is 9.88. The van der Waals surface area contributed by atoms with Gasteiger partial charge in [0.15, 0.2) is 4.77 Å². The number of H-pyrrole nitrogens is 1. The van der Waals surface area contributed by atoms with Crippen molar-refractivity contribution < 1.29 is 0 Å². The average molecular weight is 296 g/mol. The summed E-state index contributed by atoms with van der Waals surface area (Å²) < 4.78 is 2.99. The van der Waals surface area contributed by atoms with Crippen LogP contribution in [-0.4, -0.2) is 9.55 Å². The van der Waals surface area contributed by atoms with Gasteiger partial charge in [-0.3, -0.25) is 0 Å². The molecule has 1 heterocycles. The fourth-order valence-electron chi connectivity index (χ4n) is 2.87. The Morgan fingerprint density at radius 1 is 1.32 bits per heavy atom. The van der Waals surface area contributed by atoms with Crippen LogP contribution in [0.25, 0.3) is 0 Å². The second-order valence-corrected chi connectivity index (χ2v) is 5.21. The van der Waals surface area contributed by atoms with Crippen LogP contribution < -0.4 is 5.73 Å². The summed E-state index contributed by atoms with van der Waals surface area (Å²) in [6, 6.07) is 9.12. The topological polar surface area (TPSA) is 46.7 Å². The number of nitrogens with zero attached hydrogens (tertiary/aromatic N) is 1. The Labute approximate surface area is 124 Å². The van der Waals surface area contributed by atoms with Crippen LogP contribution in [0.5, 0.6) is 0 Å². The van der Waals surface area contributed by atoms with Crippen molar-refractivity contribution in [3.05, 3.63) is 52.1 Å². The molecular weight excluding hydrogens is 278 g/mol. The number of hydrogen-bond acceptors (Lipinski definition) is 2. The normalized spacial score (nSPS) is 17.6. The smallest absolute Gasteiger partial charge is 0.177 e. The molecular formula is C14H18ClN3S. The molecule has 1 atom stereocenters. The number of nitrogens with two attached hydrogens (primary N) is 1. The van der Waals surface area contributed by atoms with Gasteiger partial charge in [-0.1, -0.05) is 24.3 Å². The van der Waals surface area contributed by atoms with Crippen molar-refractivity contribution in [3.63, 3.8) is 0 Å². The Hall–Kier alpha value is -1.10. The number of aromatic nitrogens is 2. The van der Waals surface area contributed by atoms with Crippen LogP contribution in [0, 0.1) is 4.77 Å². The molecule has 5 heteroatoms. The fraction of sp³-hybridized carbons (Fsp3) is 0.357. The van der Waals surface area contributed by atoms with Crippen molar-refractivity contribution in [1.29, 1.82) is 0 Å². The summed E-state index contributed by atoms with van der Waals surface area (Å²) in [6.45, 7) is 0.533. The molecule has 0 amide bonds. The van der Waals surface area contributed by atoms with E-state index in [0.29, 0.717) is 12.6 Å². The van der Waals surface area contributed by atoms with Crippen molar-refractivity contribution in [3.8, 4) is 0 Å². The molecule has 0 fully saturated rings. The van der Waals surface area contributed by atoms with E-state index in [-0.39, 0.29) is 12.4 Å². The highest BCUT2D eigenvalue weighted by molar-refractivity contribution is 7.71. The van der Waals surface area contributed by atoms with Crippen molar-refractivity contribution in [2.75, 3.05) is 0 Å². The molecule has 102 valence electrons. The summed E-state index contributed by atoms with van der Waals surface area (Å²) in [4.78, 5) is 3.11. The van der Waals surface area contributed by atoms with E-state index < -0.39 is 0 Å². The SMILES string of the molecule is Cl.NCc1c[nH]c(=S)n1C1CCc2ccccc2C1. The Bertz CT molecular complexity index is 617. The largest absolute Gasteiger partial charge is 0.337 e. The predicted molar refractivity (Wildman–Crippen MR) is 82.3 cm³/mol. The first kappa shape index (κ1) is 14.3. The molecule has 0 saturated heterocycles. The van der Waals surface area contributed by atoms with Crippen LogP contribution in [0.1, 0.15) is 29.3 Å². The summed E-state index contributed by atoms with van der Waals surface area (Å²) in [7, 11) is 0. The zero-order valence-electron chi connectivity index (χ0n) is 10.6. The third kappa shape index (κ3) is 2.61. The van der Waals surface area contributed by atoms with Crippen molar-refractivity contribution >= 4 is 24.6 Å². The summed E-state index contributed by atoms with van der Waals surface area (Å²) in [6.07, 6.45) is 5.24. The zero-order chi connectivity index (χ0) is 12.5. The quantitative estimate of drug-likeness (QED) is 0.836. The molecule has 0 aliphatic heterocycles. The predicted octanol–water partition coefficient (Wildman–Crippen LogP) is 3.16. The maximum absolute atomic E-state index is 5.78. The van der Waals surface area contributed by atoms with Gasteiger partial charge in [0.25, 0.3) is 0 Å². The Balaban J connectivity index is 0.00000133. The molecule has 19 heavy (non-hydrogen) atoms. The Morgan fingerprint density at radius 2 is 2.05 bits per heavy atom. The lowest BCUT2D eigenvalue weighted by Crippen LogP contribution is -2.21. The summed E-state index contributed by atoms with van der Waals surface area (Å²) in [5.74, 6) is 0. The molecule has 2 aromatic rings. The first-order valence-electron chi connectivity index (χ1n) is 6.35. The van der Waals surface area contributed by atoms with Crippen LogP contribution in [0.4, 0.5) is 0 Å². The number of benzene rings is 1. The van der Waals surface area contributed by atoms with Crippen molar-refractivity contribution in [1.82, 2.24) is 9.55 Å². The van der Waals surface area contributed by atoms with Crippen LogP contribution in [-0.2, 0) is 19.4 Å². The highest BCUT2D eigenvalue weighted by atomic mass is 35.5. The second-order valence-electron chi connectivity index (χ2n) is 4.82. The third-order valence-electron chi connectivity index (χ3n) is 3.79. The van der Waals surface area contributed by atoms with Gasteiger partial charge in [-0.2, -0.15) is 0 Å². The number of halogens is 1. The molecule has 1 aliphatic carbocycles. The summed E-state index contributed by atoms with van der Waals surface area (Å²) in [5, 5.41) is 0. The monoisotopic (exact) mass is 295 g/mol. The molecule has 0 bridgehead atoms. The highest BCUT2D eigenvalue weighted by Gasteiger charge is 2.21. The van der Waals surface area contributed by atoms with E-state index in [1.54, 1.807) is 0 Å². The van der Waals surface area contributed by atoms with Gasteiger partial charge in [-0.25, -0.2) is 0 Å². The van der Waals surface area contributed by atoms with Gasteiger partial charge in [0.1, 0.15) is 0 Å². The summed E-state index contributed by atoms with van der Waals surface area (Å²) >= 11 is 5.37. The first-order chi connectivity index (χ1) is 8.79. The van der Waals surface area contributed by atoms with E-state index in [9.17, 15) is 0 Å². The maximum atomic E-state index is 5.78. The van der Waals surface area contributed by atoms with E-state index in [1.165, 1.54) is 11.1 Å². The Kier molecular flexibility index (Phi) is 4.45.